The molecular weight excluding hydrogens is 498 g/mol. The van der Waals surface area contributed by atoms with Gasteiger partial charge in [-0.15, -0.1) is 0 Å². The zero-order chi connectivity index (χ0) is 27.3. The molecule has 0 amide bonds. The fourth-order valence-corrected chi connectivity index (χ4v) is 6.17. The number of pyridine rings is 1. The number of hydrogen-bond acceptors (Lipinski definition) is 2. The highest BCUT2D eigenvalue weighted by molar-refractivity contribution is 6.10. The first-order chi connectivity index (χ1) is 20.3. The second kappa shape index (κ2) is 9.19. The van der Waals surface area contributed by atoms with E-state index in [2.05, 4.69) is 137 Å². The summed E-state index contributed by atoms with van der Waals surface area (Å²) in [5.74, 6) is 0. The lowest BCUT2D eigenvalue weighted by Gasteiger charge is -2.14. The van der Waals surface area contributed by atoms with Crippen LogP contribution in [0.5, 0.6) is 0 Å². The van der Waals surface area contributed by atoms with Crippen molar-refractivity contribution in [2.45, 2.75) is 0 Å². The van der Waals surface area contributed by atoms with E-state index in [-0.39, 0.29) is 0 Å². The highest BCUT2D eigenvalue weighted by atomic mass is 15.0. The average molecular weight is 522 g/mol. The van der Waals surface area contributed by atoms with Crippen molar-refractivity contribution in [2.75, 3.05) is 0 Å². The Morgan fingerprint density at radius 2 is 1.20 bits per heavy atom. The van der Waals surface area contributed by atoms with Crippen molar-refractivity contribution in [1.29, 1.82) is 5.26 Å². The van der Waals surface area contributed by atoms with Gasteiger partial charge in [0.1, 0.15) is 6.07 Å². The number of rotatable bonds is 3. The molecular formula is C38H23N3. The maximum atomic E-state index is 9.38. The van der Waals surface area contributed by atoms with Gasteiger partial charge in [-0.05, 0) is 75.5 Å². The van der Waals surface area contributed by atoms with Crippen LogP contribution < -0.4 is 0 Å². The van der Waals surface area contributed by atoms with E-state index in [9.17, 15) is 5.26 Å². The molecule has 0 bridgehead atoms. The number of hydrogen-bond donors (Lipinski definition) is 0. The first-order valence-electron chi connectivity index (χ1n) is 13.7. The summed E-state index contributed by atoms with van der Waals surface area (Å²) in [5, 5.41) is 15.3. The van der Waals surface area contributed by atoms with Crippen molar-refractivity contribution in [3.05, 3.63) is 145 Å². The smallest absolute Gasteiger partial charge is 0.101 e. The molecule has 6 aromatic carbocycles. The molecule has 0 aliphatic heterocycles. The Kier molecular flexibility index (Phi) is 5.20. The first kappa shape index (κ1) is 23.2. The fraction of sp³-hybridized carbons (Fsp3) is 0. The SMILES string of the molecule is N#Cc1cnc2ccc(-c3cccc4cccc(-c5ccc(-n6c7ccccc7c7ccccc76)cc5)c34)cc2c1. The molecule has 2 aromatic heterocycles. The summed E-state index contributed by atoms with van der Waals surface area (Å²) in [6.45, 7) is 0. The van der Waals surface area contributed by atoms with E-state index < -0.39 is 0 Å². The number of fused-ring (bicyclic) bond motifs is 5. The third-order valence-corrected chi connectivity index (χ3v) is 8.04. The Balaban J connectivity index is 1.29. The van der Waals surface area contributed by atoms with Crippen LogP contribution in [0.4, 0.5) is 0 Å². The van der Waals surface area contributed by atoms with E-state index in [1.165, 1.54) is 43.7 Å². The van der Waals surface area contributed by atoms with Crippen molar-refractivity contribution in [3.8, 4) is 34.0 Å². The Morgan fingerprint density at radius 3 is 1.88 bits per heavy atom. The molecule has 0 radical (unpaired) electrons. The topological polar surface area (TPSA) is 41.6 Å². The first-order valence-corrected chi connectivity index (χ1v) is 13.7. The van der Waals surface area contributed by atoms with E-state index in [0.29, 0.717) is 5.56 Å². The monoisotopic (exact) mass is 521 g/mol. The Labute approximate surface area is 237 Å². The molecule has 0 saturated heterocycles. The normalized spacial score (nSPS) is 11.4. The van der Waals surface area contributed by atoms with Crippen LogP contribution in [0.1, 0.15) is 5.56 Å². The molecule has 0 atom stereocenters. The van der Waals surface area contributed by atoms with Crippen molar-refractivity contribution in [3.63, 3.8) is 0 Å². The fourth-order valence-electron chi connectivity index (χ4n) is 6.17. The predicted molar refractivity (Wildman–Crippen MR) is 169 cm³/mol. The molecule has 0 saturated carbocycles. The molecule has 0 fully saturated rings. The molecule has 190 valence electrons. The van der Waals surface area contributed by atoms with Gasteiger partial charge in [-0.3, -0.25) is 4.98 Å². The molecule has 0 aliphatic rings. The zero-order valence-corrected chi connectivity index (χ0v) is 22.1. The van der Waals surface area contributed by atoms with Crippen molar-refractivity contribution in [2.24, 2.45) is 0 Å². The summed E-state index contributed by atoms with van der Waals surface area (Å²) in [5.41, 5.74) is 9.63. The van der Waals surface area contributed by atoms with E-state index in [1.807, 2.05) is 12.1 Å². The maximum absolute atomic E-state index is 9.38. The Bertz CT molecular complexity index is 2260. The van der Waals surface area contributed by atoms with Gasteiger partial charge in [0.25, 0.3) is 0 Å². The van der Waals surface area contributed by atoms with Gasteiger partial charge in [-0.1, -0.05) is 91.0 Å². The largest absolute Gasteiger partial charge is 0.309 e. The Morgan fingerprint density at radius 1 is 0.561 bits per heavy atom. The molecule has 8 rings (SSSR count). The summed E-state index contributed by atoms with van der Waals surface area (Å²) in [6.07, 6.45) is 1.63. The van der Waals surface area contributed by atoms with Crippen LogP contribution >= 0.6 is 0 Å². The van der Waals surface area contributed by atoms with E-state index in [0.717, 1.165) is 27.7 Å². The van der Waals surface area contributed by atoms with E-state index in [1.54, 1.807) is 6.20 Å². The molecule has 0 spiro atoms. The standard InChI is InChI=1S/C38H23N3/c39-23-25-21-29-22-28(17-20-35(29)40-24-25)32-12-6-8-27-7-5-11-31(38(27)32)26-15-18-30(19-16-26)41-36-13-3-1-9-33(36)34-10-2-4-14-37(34)41/h1-22,24H. The summed E-state index contributed by atoms with van der Waals surface area (Å²) in [4.78, 5) is 4.46. The third kappa shape index (κ3) is 3.70. The van der Waals surface area contributed by atoms with Gasteiger partial charge in [0.2, 0.25) is 0 Å². The van der Waals surface area contributed by atoms with Crippen molar-refractivity contribution < 1.29 is 0 Å². The van der Waals surface area contributed by atoms with Crippen LogP contribution in [-0.2, 0) is 0 Å². The number of aromatic nitrogens is 2. The van der Waals surface area contributed by atoms with E-state index >= 15 is 0 Å². The predicted octanol–water partition coefficient (Wildman–Crippen LogP) is 9.69. The Hall–Kier alpha value is -5.72. The van der Waals surface area contributed by atoms with Crippen LogP contribution in [-0.4, -0.2) is 9.55 Å². The maximum Gasteiger partial charge on any atom is 0.101 e. The average Bonchev–Trinajstić information content (AvgIpc) is 3.38. The van der Waals surface area contributed by atoms with Gasteiger partial charge in [-0.25, -0.2) is 0 Å². The number of benzene rings is 6. The van der Waals surface area contributed by atoms with Crippen LogP contribution in [0.25, 0.3) is 71.4 Å². The lowest BCUT2D eigenvalue weighted by atomic mass is 9.91. The molecule has 2 heterocycles. The number of nitrogens with zero attached hydrogens (tertiary/aromatic N) is 3. The third-order valence-electron chi connectivity index (χ3n) is 8.04. The molecule has 0 aliphatic carbocycles. The van der Waals surface area contributed by atoms with Crippen LogP contribution in [0.3, 0.4) is 0 Å². The molecule has 8 aromatic rings. The molecule has 0 unspecified atom stereocenters. The van der Waals surface area contributed by atoms with Crippen LogP contribution in [0.2, 0.25) is 0 Å². The molecule has 3 nitrogen and oxygen atoms in total. The summed E-state index contributed by atoms with van der Waals surface area (Å²) in [6, 6.07) is 49.5. The summed E-state index contributed by atoms with van der Waals surface area (Å²) >= 11 is 0. The minimum absolute atomic E-state index is 0.566. The van der Waals surface area contributed by atoms with Gasteiger partial charge in [0.05, 0.1) is 22.1 Å². The van der Waals surface area contributed by atoms with Gasteiger partial charge >= 0.3 is 0 Å². The van der Waals surface area contributed by atoms with Gasteiger partial charge in [-0.2, -0.15) is 5.26 Å². The lowest BCUT2D eigenvalue weighted by molar-refractivity contribution is 1.18. The van der Waals surface area contributed by atoms with E-state index in [4.69, 9.17) is 0 Å². The molecule has 3 heteroatoms. The second-order valence-corrected chi connectivity index (χ2v) is 10.4. The molecule has 0 N–H and O–H groups in total. The lowest BCUT2D eigenvalue weighted by Crippen LogP contribution is -1.94. The van der Waals surface area contributed by atoms with Crippen LogP contribution in [0, 0.1) is 11.3 Å². The summed E-state index contributed by atoms with van der Waals surface area (Å²) in [7, 11) is 0. The highest BCUT2D eigenvalue weighted by Crippen LogP contribution is 2.38. The zero-order valence-electron chi connectivity index (χ0n) is 22.1. The highest BCUT2D eigenvalue weighted by Gasteiger charge is 2.14. The van der Waals surface area contributed by atoms with Crippen molar-refractivity contribution >= 4 is 43.5 Å². The van der Waals surface area contributed by atoms with Crippen molar-refractivity contribution in [1.82, 2.24) is 9.55 Å². The van der Waals surface area contributed by atoms with Crippen LogP contribution in [0.15, 0.2) is 140 Å². The number of nitriles is 1. The van der Waals surface area contributed by atoms with Gasteiger partial charge in [0, 0.05) is 28.0 Å². The minimum atomic E-state index is 0.566. The minimum Gasteiger partial charge on any atom is -0.309 e. The molecule has 41 heavy (non-hydrogen) atoms. The summed E-state index contributed by atoms with van der Waals surface area (Å²) < 4.78 is 2.35. The second-order valence-electron chi connectivity index (χ2n) is 10.4. The quantitative estimate of drug-likeness (QED) is 0.232. The van der Waals surface area contributed by atoms with Gasteiger partial charge in [0.15, 0.2) is 0 Å². The van der Waals surface area contributed by atoms with Gasteiger partial charge < -0.3 is 4.57 Å². The number of para-hydroxylation sites is 2.